The van der Waals surface area contributed by atoms with Crippen molar-refractivity contribution < 1.29 is 4.42 Å². The minimum Gasteiger partial charge on any atom is -0.472 e. The van der Waals surface area contributed by atoms with E-state index in [1.54, 1.807) is 12.5 Å². The van der Waals surface area contributed by atoms with E-state index in [0.717, 1.165) is 11.3 Å². The predicted molar refractivity (Wildman–Crippen MR) is 56.0 cm³/mol. The van der Waals surface area contributed by atoms with Gasteiger partial charge in [-0.3, -0.25) is 15.0 Å². The van der Waals surface area contributed by atoms with Gasteiger partial charge in [0.2, 0.25) is 0 Å². The molecule has 0 radical (unpaired) electrons. The largest absolute Gasteiger partial charge is 0.472 e. The zero-order chi connectivity index (χ0) is 11.0. The summed E-state index contributed by atoms with van der Waals surface area (Å²) in [7, 11) is 0. The quantitative estimate of drug-likeness (QED) is 0.664. The number of rotatable bonds is 2. The summed E-state index contributed by atoms with van der Waals surface area (Å²) in [6, 6.07) is 1.85. The number of hydrogen-bond acceptors (Lipinski definition) is 4. The van der Waals surface area contributed by atoms with E-state index in [0.29, 0.717) is 17.3 Å². The van der Waals surface area contributed by atoms with Gasteiger partial charge in [0.05, 0.1) is 35.3 Å². The number of fused-ring (bicyclic) bond motifs is 1. The molecule has 0 saturated carbocycles. The first-order valence-corrected chi connectivity index (χ1v) is 4.76. The summed E-state index contributed by atoms with van der Waals surface area (Å²) in [5.74, 6) is 0. The average molecular weight is 216 g/mol. The number of furan rings is 1. The van der Waals surface area contributed by atoms with Crippen LogP contribution < -0.4 is 5.56 Å². The van der Waals surface area contributed by atoms with Crippen LogP contribution in [0.4, 0.5) is 0 Å². The first-order chi connectivity index (χ1) is 7.84. The molecular weight excluding hydrogens is 208 g/mol. The highest BCUT2D eigenvalue weighted by Gasteiger charge is 2.09. The molecule has 3 rings (SSSR count). The molecule has 80 valence electrons. The van der Waals surface area contributed by atoms with Crippen LogP contribution in [0.1, 0.15) is 11.3 Å². The summed E-state index contributed by atoms with van der Waals surface area (Å²) in [6.45, 7) is 0. The fraction of sp³-hybridized carbons (Fsp3) is 0.100. The van der Waals surface area contributed by atoms with Gasteiger partial charge >= 0.3 is 0 Å². The minimum atomic E-state index is -0.182. The molecule has 3 heterocycles. The second-order valence-electron chi connectivity index (χ2n) is 3.47. The SMILES string of the molecule is O=c1[nH][nH]c2c(Cc3ccoc3)nncc12. The van der Waals surface area contributed by atoms with Crippen LogP contribution in [-0.4, -0.2) is 20.4 Å². The summed E-state index contributed by atoms with van der Waals surface area (Å²) >= 11 is 0. The van der Waals surface area contributed by atoms with Gasteiger partial charge < -0.3 is 4.42 Å². The topological polar surface area (TPSA) is 87.6 Å². The van der Waals surface area contributed by atoms with Gasteiger partial charge in [-0.1, -0.05) is 0 Å². The molecule has 0 fully saturated rings. The molecule has 6 heteroatoms. The van der Waals surface area contributed by atoms with Crippen molar-refractivity contribution in [2.45, 2.75) is 6.42 Å². The minimum absolute atomic E-state index is 0.182. The molecule has 6 nitrogen and oxygen atoms in total. The van der Waals surface area contributed by atoms with E-state index in [2.05, 4.69) is 20.4 Å². The van der Waals surface area contributed by atoms with Crippen LogP contribution in [0.15, 0.2) is 34.0 Å². The lowest BCUT2D eigenvalue weighted by Gasteiger charge is -1.97. The molecule has 3 aromatic rings. The Morgan fingerprint density at radius 3 is 3.12 bits per heavy atom. The van der Waals surface area contributed by atoms with E-state index in [4.69, 9.17) is 4.42 Å². The summed E-state index contributed by atoms with van der Waals surface area (Å²) < 4.78 is 4.98. The monoisotopic (exact) mass is 216 g/mol. The molecule has 0 amide bonds. The molecule has 0 aliphatic heterocycles. The summed E-state index contributed by atoms with van der Waals surface area (Å²) in [4.78, 5) is 11.4. The molecule has 2 N–H and O–H groups in total. The second kappa shape index (κ2) is 3.34. The second-order valence-corrected chi connectivity index (χ2v) is 3.47. The smallest absolute Gasteiger partial charge is 0.273 e. The number of nitrogens with zero attached hydrogens (tertiary/aromatic N) is 2. The van der Waals surface area contributed by atoms with E-state index in [1.807, 2.05) is 6.07 Å². The third-order valence-corrected chi connectivity index (χ3v) is 2.42. The first kappa shape index (κ1) is 8.90. The molecule has 3 aromatic heterocycles. The lowest BCUT2D eigenvalue weighted by Crippen LogP contribution is -1.99. The Labute approximate surface area is 89.3 Å². The predicted octanol–water partition coefficient (Wildman–Crippen LogP) is 0.830. The third kappa shape index (κ3) is 1.31. The molecule has 0 unspecified atom stereocenters. The molecule has 0 aromatic carbocycles. The van der Waals surface area contributed by atoms with Crippen molar-refractivity contribution in [1.82, 2.24) is 20.4 Å². The van der Waals surface area contributed by atoms with Gasteiger partial charge in [-0.25, -0.2) is 0 Å². The Bertz CT molecular complexity index is 666. The third-order valence-electron chi connectivity index (χ3n) is 2.42. The van der Waals surface area contributed by atoms with Crippen LogP contribution in [0.25, 0.3) is 10.9 Å². The van der Waals surface area contributed by atoms with Gasteiger partial charge in [0.15, 0.2) is 0 Å². The van der Waals surface area contributed by atoms with E-state index < -0.39 is 0 Å². The number of hydrogen-bond donors (Lipinski definition) is 2. The van der Waals surface area contributed by atoms with Crippen molar-refractivity contribution in [1.29, 1.82) is 0 Å². The van der Waals surface area contributed by atoms with Crippen LogP contribution in [0.5, 0.6) is 0 Å². The number of H-pyrrole nitrogens is 2. The summed E-state index contributed by atoms with van der Waals surface area (Å²) in [6.07, 6.45) is 5.27. The molecule has 0 aliphatic rings. The highest BCUT2D eigenvalue weighted by Crippen LogP contribution is 2.13. The normalized spacial score (nSPS) is 11.0. The highest BCUT2D eigenvalue weighted by molar-refractivity contribution is 5.78. The van der Waals surface area contributed by atoms with Crippen molar-refractivity contribution >= 4 is 10.9 Å². The van der Waals surface area contributed by atoms with Crippen molar-refractivity contribution in [3.63, 3.8) is 0 Å². The Morgan fingerprint density at radius 2 is 2.31 bits per heavy atom. The zero-order valence-electron chi connectivity index (χ0n) is 8.23. The van der Waals surface area contributed by atoms with Crippen LogP contribution in [0, 0.1) is 0 Å². The van der Waals surface area contributed by atoms with Gasteiger partial charge in [-0.2, -0.15) is 10.2 Å². The Morgan fingerprint density at radius 1 is 1.38 bits per heavy atom. The van der Waals surface area contributed by atoms with Crippen molar-refractivity contribution in [3.05, 3.63) is 46.4 Å². The van der Waals surface area contributed by atoms with Crippen LogP contribution in [0.2, 0.25) is 0 Å². The molecular formula is C10H8N4O2. The Balaban J connectivity index is 2.13. The Hall–Kier alpha value is -2.37. The maximum atomic E-state index is 11.4. The zero-order valence-corrected chi connectivity index (χ0v) is 8.23. The van der Waals surface area contributed by atoms with E-state index in [-0.39, 0.29) is 5.56 Å². The van der Waals surface area contributed by atoms with Crippen LogP contribution in [0.3, 0.4) is 0 Å². The van der Waals surface area contributed by atoms with Gasteiger partial charge in [-0.05, 0) is 11.6 Å². The number of aromatic amines is 2. The van der Waals surface area contributed by atoms with Gasteiger partial charge in [0, 0.05) is 6.42 Å². The van der Waals surface area contributed by atoms with E-state index >= 15 is 0 Å². The van der Waals surface area contributed by atoms with Gasteiger partial charge in [0.25, 0.3) is 5.56 Å². The number of nitrogens with one attached hydrogen (secondary N) is 2. The van der Waals surface area contributed by atoms with E-state index in [9.17, 15) is 4.79 Å². The standard InChI is InChI=1S/C10H8N4O2/c15-10-7-4-11-12-8(9(7)13-14-10)3-6-1-2-16-5-6/h1-2,4-5H,3H2,(H2,13,14,15). The van der Waals surface area contributed by atoms with Crippen molar-refractivity contribution in [2.24, 2.45) is 0 Å². The van der Waals surface area contributed by atoms with Crippen LogP contribution >= 0.6 is 0 Å². The maximum Gasteiger partial charge on any atom is 0.273 e. The average Bonchev–Trinajstić information content (AvgIpc) is 2.90. The molecule has 0 saturated heterocycles. The summed E-state index contributed by atoms with van der Waals surface area (Å²) in [5.41, 5.74) is 2.22. The maximum absolute atomic E-state index is 11.4. The molecule has 0 spiro atoms. The lowest BCUT2D eigenvalue weighted by atomic mass is 10.1. The number of aromatic nitrogens is 4. The fourth-order valence-corrected chi connectivity index (χ4v) is 1.63. The van der Waals surface area contributed by atoms with Crippen molar-refractivity contribution in [2.75, 3.05) is 0 Å². The van der Waals surface area contributed by atoms with Crippen molar-refractivity contribution in [3.8, 4) is 0 Å². The molecule has 0 atom stereocenters. The molecule has 16 heavy (non-hydrogen) atoms. The van der Waals surface area contributed by atoms with Gasteiger partial charge in [0.1, 0.15) is 0 Å². The fourth-order valence-electron chi connectivity index (χ4n) is 1.63. The summed E-state index contributed by atoms with van der Waals surface area (Å²) in [5, 5.41) is 13.7. The molecule has 0 bridgehead atoms. The molecule has 0 aliphatic carbocycles. The van der Waals surface area contributed by atoms with Crippen LogP contribution in [-0.2, 0) is 6.42 Å². The lowest BCUT2D eigenvalue weighted by molar-refractivity contribution is 0.564. The van der Waals surface area contributed by atoms with Gasteiger partial charge in [-0.15, -0.1) is 0 Å². The Kier molecular flexibility index (Phi) is 1.86. The highest BCUT2D eigenvalue weighted by atomic mass is 16.3. The first-order valence-electron chi connectivity index (χ1n) is 4.76. The van der Waals surface area contributed by atoms with E-state index in [1.165, 1.54) is 6.20 Å².